The lowest BCUT2D eigenvalue weighted by Gasteiger charge is -2.05. The Hall–Kier alpha value is -1.62. The highest BCUT2D eigenvalue weighted by Gasteiger charge is 2.11. The van der Waals surface area contributed by atoms with Crippen LogP contribution in [0.2, 0.25) is 0 Å². The quantitative estimate of drug-likeness (QED) is 0.600. The van der Waals surface area contributed by atoms with Crippen LogP contribution in [0.25, 0.3) is 0 Å². The fraction of sp³-hybridized carbons (Fsp3) is 0.286. The van der Waals surface area contributed by atoms with E-state index in [1.807, 2.05) is 6.92 Å². The monoisotopic (exact) mass is 278 g/mol. The molecule has 0 saturated carbocycles. The van der Waals surface area contributed by atoms with E-state index in [0.29, 0.717) is 11.4 Å². The first-order chi connectivity index (χ1) is 9.20. The van der Waals surface area contributed by atoms with E-state index in [9.17, 15) is 9.18 Å². The zero-order valence-electron chi connectivity index (χ0n) is 10.7. The standard InChI is InChI=1S/C14H15FN2OS/c1-2-9-17-13(7-8-16-17)14(18)10-19-12-5-3-11(15)4-6-12/h3-8H,2,9-10H2,1H3. The number of nitrogens with zero attached hydrogens (tertiary/aromatic N) is 2. The van der Waals surface area contributed by atoms with Gasteiger partial charge < -0.3 is 0 Å². The molecule has 0 bridgehead atoms. The molecule has 0 aliphatic heterocycles. The molecule has 0 spiro atoms. The Balaban J connectivity index is 1.97. The Kier molecular flexibility index (Phi) is 4.74. The molecule has 0 saturated heterocycles. The Morgan fingerprint density at radius 2 is 2.05 bits per heavy atom. The van der Waals surface area contributed by atoms with Gasteiger partial charge in [-0.05, 0) is 36.8 Å². The van der Waals surface area contributed by atoms with Crippen LogP contribution in [0.1, 0.15) is 23.8 Å². The molecular weight excluding hydrogens is 263 g/mol. The number of ketones is 1. The van der Waals surface area contributed by atoms with Gasteiger partial charge in [-0.1, -0.05) is 6.92 Å². The zero-order valence-corrected chi connectivity index (χ0v) is 11.5. The molecule has 2 rings (SSSR count). The number of halogens is 1. The zero-order chi connectivity index (χ0) is 13.7. The van der Waals surface area contributed by atoms with Crippen LogP contribution in [0.5, 0.6) is 0 Å². The maximum absolute atomic E-state index is 12.8. The summed E-state index contributed by atoms with van der Waals surface area (Å²) in [5.41, 5.74) is 0.636. The first-order valence-corrected chi connectivity index (χ1v) is 7.12. The van der Waals surface area contributed by atoms with E-state index in [1.54, 1.807) is 29.1 Å². The maximum Gasteiger partial charge on any atom is 0.191 e. The summed E-state index contributed by atoms with van der Waals surface area (Å²) in [7, 11) is 0. The van der Waals surface area contributed by atoms with Gasteiger partial charge in [-0.2, -0.15) is 5.10 Å². The first-order valence-electron chi connectivity index (χ1n) is 6.14. The van der Waals surface area contributed by atoms with Crippen molar-refractivity contribution in [2.75, 3.05) is 5.75 Å². The number of aryl methyl sites for hydroxylation is 1. The fourth-order valence-electron chi connectivity index (χ4n) is 1.71. The van der Waals surface area contributed by atoms with Gasteiger partial charge >= 0.3 is 0 Å². The predicted molar refractivity (Wildman–Crippen MR) is 74.0 cm³/mol. The predicted octanol–water partition coefficient (Wildman–Crippen LogP) is 3.41. The van der Waals surface area contributed by atoms with E-state index in [2.05, 4.69) is 5.10 Å². The number of hydrogen-bond donors (Lipinski definition) is 0. The van der Waals surface area contributed by atoms with Crippen LogP contribution in [0.4, 0.5) is 4.39 Å². The molecule has 0 unspecified atom stereocenters. The fourth-order valence-corrected chi connectivity index (χ4v) is 2.49. The van der Waals surface area contributed by atoms with Gasteiger partial charge in [0.05, 0.1) is 5.75 Å². The molecule has 1 heterocycles. The van der Waals surface area contributed by atoms with Crippen molar-refractivity contribution in [1.29, 1.82) is 0 Å². The van der Waals surface area contributed by atoms with E-state index >= 15 is 0 Å². The molecule has 0 fully saturated rings. The smallest absolute Gasteiger partial charge is 0.191 e. The average Bonchev–Trinajstić information content (AvgIpc) is 2.86. The van der Waals surface area contributed by atoms with Crippen LogP contribution in [0.3, 0.4) is 0 Å². The molecule has 0 radical (unpaired) electrons. The summed E-state index contributed by atoms with van der Waals surface area (Å²) < 4.78 is 14.5. The van der Waals surface area contributed by atoms with Crippen molar-refractivity contribution in [3.63, 3.8) is 0 Å². The topological polar surface area (TPSA) is 34.9 Å². The Morgan fingerprint density at radius 1 is 1.32 bits per heavy atom. The molecule has 0 atom stereocenters. The van der Waals surface area contributed by atoms with Crippen molar-refractivity contribution < 1.29 is 9.18 Å². The van der Waals surface area contributed by atoms with Gasteiger partial charge in [0, 0.05) is 17.6 Å². The molecule has 0 amide bonds. The lowest BCUT2D eigenvalue weighted by atomic mass is 10.3. The van der Waals surface area contributed by atoms with Crippen LogP contribution in [-0.4, -0.2) is 21.3 Å². The van der Waals surface area contributed by atoms with Gasteiger partial charge in [0.1, 0.15) is 11.5 Å². The summed E-state index contributed by atoms with van der Waals surface area (Å²) in [5, 5.41) is 4.13. The molecule has 0 aliphatic rings. The number of thioether (sulfide) groups is 1. The number of carbonyl (C=O) groups excluding carboxylic acids is 1. The van der Waals surface area contributed by atoms with Crippen LogP contribution in [0, 0.1) is 5.82 Å². The summed E-state index contributed by atoms with van der Waals surface area (Å²) in [5.74, 6) is 0.109. The number of rotatable bonds is 6. The summed E-state index contributed by atoms with van der Waals surface area (Å²) in [6.07, 6.45) is 2.58. The van der Waals surface area contributed by atoms with Gasteiger partial charge in [-0.15, -0.1) is 11.8 Å². The van der Waals surface area contributed by atoms with Crippen molar-refractivity contribution in [2.45, 2.75) is 24.8 Å². The van der Waals surface area contributed by atoms with Crippen LogP contribution < -0.4 is 0 Å². The second kappa shape index (κ2) is 6.52. The highest BCUT2D eigenvalue weighted by atomic mass is 32.2. The van der Waals surface area contributed by atoms with Gasteiger partial charge in [0.2, 0.25) is 0 Å². The summed E-state index contributed by atoms with van der Waals surface area (Å²) in [6.45, 7) is 2.79. The van der Waals surface area contributed by atoms with Gasteiger partial charge in [0.15, 0.2) is 5.78 Å². The maximum atomic E-state index is 12.8. The molecule has 1 aromatic carbocycles. The van der Waals surface area contributed by atoms with Crippen molar-refractivity contribution in [2.24, 2.45) is 0 Å². The lowest BCUT2D eigenvalue weighted by molar-refractivity contribution is 0.101. The third kappa shape index (κ3) is 3.67. The minimum atomic E-state index is -0.267. The number of hydrogen-bond acceptors (Lipinski definition) is 3. The minimum Gasteiger partial charge on any atom is -0.292 e. The molecular formula is C14H15FN2OS. The summed E-state index contributed by atoms with van der Waals surface area (Å²) >= 11 is 1.40. The van der Waals surface area contributed by atoms with Gasteiger partial charge in [-0.25, -0.2) is 4.39 Å². The van der Waals surface area contributed by atoms with Crippen molar-refractivity contribution in [3.8, 4) is 0 Å². The lowest BCUT2D eigenvalue weighted by Crippen LogP contribution is -2.12. The second-order valence-corrected chi connectivity index (χ2v) is 5.15. The summed E-state index contributed by atoms with van der Waals surface area (Å²) in [4.78, 5) is 13.0. The van der Waals surface area contributed by atoms with Crippen LogP contribution in [-0.2, 0) is 6.54 Å². The second-order valence-electron chi connectivity index (χ2n) is 4.11. The largest absolute Gasteiger partial charge is 0.292 e. The summed E-state index contributed by atoms with van der Waals surface area (Å²) in [6, 6.07) is 7.89. The number of aromatic nitrogens is 2. The van der Waals surface area contributed by atoms with Gasteiger partial charge in [-0.3, -0.25) is 9.48 Å². The van der Waals surface area contributed by atoms with E-state index < -0.39 is 0 Å². The Bertz CT molecular complexity index is 551. The molecule has 3 nitrogen and oxygen atoms in total. The number of carbonyl (C=O) groups is 1. The van der Waals surface area contributed by atoms with E-state index in [-0.39, 0.29) is 11.6 Å². The van der Waals surface area contributed by atoms with Crippen molar-refractivity contribution in [3.05, 3.63) is 48.0 Å². The third-order valence-electron chi connectivity index (χ3n) is 2.62. The molecule has 1 aromatic heterocycles. The normalized spacial score (nSPS) is 10.6. The highest BCUT2D eigenvalue weighted by molar-refractivity contribution is 8.00. The van der Waals surface area contributed by atoms with Crippen molar-refractivity contribution in [1.82, 2.24) is 9.78 Å². The molecule has 0 N–H and O–H groups in total. The molecule has 0 aliphatic carbocycles. The Morgan fingerprint density at radius 3 is 2.74 bits per heavy atom. The first kappa shape index (κ1) is 13.8. The van der Waals surface area contributed by atoms with E-state index in [0.717, 1.165) is 17.9 Å². The van der Waals surface area contributed by atoms with E-state index in [1.165, 1.54) is 23.9 Å². The molecule has 5 heteroatoms. The van der Waals surface area contributed by atoms with Crippen LogP contribution >= 0.6 is 11.8 Å². The van der Waals surface area contributed by atoms with E-state index in [4.69, 9.17) is 0 Å². The molecule has 2 aromatic rings. The highest BCUT2D eigenvalue weighted by Crippen LogP contribution is 2.19. The minimum absolute atomic E-state index is 0.0419. The molecule has 19 heavy (non-hydrogen) atoms. The SMILES string of the molecule is CCCn1nccc1C(=O)CSc1ccc(F)cc1. The van der Waals surface area contributed by atoms with Gasteiger partial charge in [0.25, 0.3) is 0 Å². The number of benzene rings is 1. The Labute approximate surface area is 115 Å². The third-order valence-corrected chi connectivity index (χ3v) is 3.63. The number of Topliss-reactive ketones (excluding diaryl/α,β-unsaturated/α-hetero) is 1. The molecule has 100 valence electrons. The average molecular weight is 278 g/mol. The van der Waals surface area contributed by atoms with Crippen molar-refractivity contribution >= 4 is 17.5 Å². The van der Waals surface area contributed by atoms with Crippen LogP contribution in [0.15, 0.2) is 41.4 Å².